The minimum absolute atomic E-state index is 0.0532. The monoisotopic (exact) mass is 521 g/mol. The first-order valence-corrected chi connectivity index (χ1v) is 13.7. The molecule has 2 heterocycles. The van der Waals surface area contributed by atoms with Crippen LogP contribution in [0.3, 0.4) is 0 Å². The second kappa shape index (κ2) is 9.95. The minimum Gasteiger partial charge on any atom is -0.344 e. The summed E-state index contributed by atoms with van der Waals surface area (Å²) in [4.78, 5) is 39.3. The van der Waals surface area contributed by atoms with Gasteiger partial charge >= 0.3 is 0 Å². The number of amides is 2. The highest BCUT2D eigenvalue weighted by atomic mass is 32.1. The average molecular weight is 522 g/mol. The van der Waals surface area contributed by atoms with Crippen LogP contribution >= 0.6 is 11.3 Å². The van der Waals surface area contributed by atoms with Crippen LogP contribution in [0, 0.1) is 12.8 Å². The fourth-order valence-corrected chi connectivity index (χ4v) is 5.55. The zero-order valence-electron chi connectivity index (χ0n) is 21.2. The number of aromatic nitrogens is 3. The van der Waals surface area contributed by atoms with Crippen molar-refractivity contribution >= 4 is 49.4 Å². The van der Waals surface area contributed by atoms with E-state index in [1.54, 1.807) is 6.92 Å². The molecule has 1 aliphatic carbocycles. The molecule has 8 heteroatoms. The van der Waals surface area contributed by atoms with Gasteiger partial charge in [-0.3, -0.25) is 9.59 Å². The molecule has 0 spiro atoms. The van der Waals surface area contributed by atoms with Crippen LogP contribution in [0.2, 0.25) is 0 Å². The fourth-order valence-electron chi connectivity index (χ4n) is 4.64. The number of hydrogen-bond acceptors (Lipinski definition) is 6. The highest BCUT2D eigenvalue weighted by Crippen LogP contribution is 2.34. The molecule has 5 aromatic rings. The van der Waals surface area contributed by atoms with Crippen LogP contribution in [0.25, 0.3) is 32.2 Å². The lowest BCUT2D eigenvalue weighted by atomic mass is 10.0. The van der Waals surface area contributed by atoms with E-state index >= 15 is 0 Å². The fraction of sp³-hybridized carbons (Fsp3) is 0.233. The van der Waals surface area contributed by atoms with Crippen molar-refractivity contribution in [2.45, 2.75) is 39.2 Å². The summed E-state index contributed by atoms with van der Waals surface area (Å²) in [5, 5.41) is 7.43. The van der Waals surface area contributed by atoms with E-state index in [1.807, 2.05) is 60.7 Å². The number of anilines is 1. The van der Waals surface area contributed by atoms with E-state index in [2.05, 4.69) is 38.6 Å². The summed E-state index contributed by atoms with van der Waals surface area (Å²) < 4.78 is 0.987. The van der Waals surface area contributed by atoms with E-state index in [9.17, 15) is 9.59 Å². The highest BCUT2D eigenvalue weighted by Gasteiger charge is 2.30. The van der Waals surface area contributed by atoms with Gasteiger partial charge < -0.3 is 10.6 Å². The van der Waals surface area contributed by atoms with Crippen molar-refractivity contribution in [2.75, 3.05) is 5.32 Å². The van der Waals surface area contributed by atoms with Crippen LogP contribution < -0.4 is 10.6 Å². The van der Waals surface area contributed by atoms with E-state index in [4.69, 9.17) is 0 Å². The van der Waals surface area contributed by atoms with Crippen molar-refractivity contribution in [3.8, 4) is 11.1 Å². The van der Waals surface area contributed by atoms with Gasteiger partial charge in [-0.15, -0.1) is 0 Å². The summed E-state index contributed by atoms with van der Waals surface area (Å²) in [5.74, 6) is 0.516. The molecule has 0 unspecified atom stereocenters. The maximum atomic E-state index is 13.5. The normalized spacial score (nSPS) is 13.9. The number of nitrogens with one attached hydrogen (secondary N) is 2. The Labute approximate surface area is 224 Å². The molecule has 3 aromatic carbocycles. The summed E-state index contributed by atoms with van der Waals surface area (Å²) in [6.07, 6.45) is 2.68. The van der Waals surface area contributed by atoms with Gasteiger partial charge in [0, 0.05) is 11.3 Å². The van der Waals surface area contributed by atoms with Crippen molar-refractivity contribution in [1.82, 2.24) is 20.3 Å². The van der Waals surface area contributed by atoms with E-state index in [-0.39, 0.29) is 23.8 Å². The number of hydrogen-bond donors (Lipinski definition) is 2. The van der Waals surface area contributed by atoms with Crippen molar-refractivity contribution in [3.63, 3.8) is 0 Å². The van der Waals surface area contributed by atoms with E-state index in [0.717, 1.165) is 51.7 Å². The van der Waals surface area contributed by atoms with Gasteiger partial charge in [0.25, 0.3) is 5.91 Å². The molecular formula is C30H27N5O2S. The van der Waals surface area contributed by atoms with Gasteiger partial charge in [0.05, 0.1) is 21.8 Å². The Morgan fingerprint density at radius 1 is 0.947 bits per heavy atom. The summed E-state index contributed by atoms with van der Waals surface area (Å²) in [5.41, 5.74) is 4.94. The first kappa shape index (κ1) is 24.2. The van der Waals surface area contributed by atoms with Gasteiger partial charge in [0.1, 0.15) is 11.5 Å². The number of benzene rings is 3. The van der Waals surface area contributed by atoms with Crippen LogP contribution in [-0.2, 0) is 4.79 Å². The molecule has 1 fully saturated rings. The summed E-state index contributed by atoms with van der Waals surface area (Å²) in [6.45, 7) is 3.85. The predicted octanol–water partition coefficient (Wildman–Crippen LogP) is 6.44. The van der Waals surface area contributed by atoms with Crippen LogP contribution in [0.1, 0.15) is 54.1 Å². The van der Waals surface area contributed by atoms with Gasteiger partial charge in [0.2, 0.25) is 5.91 Å². The molecule has 2 aromatic heterocycles. The van der Waals surface area contributed by atoms with Gasteiger partial charge in [-0.1, -0.05) is 60.7 Å². The van der Waals surface area contributed by atoms with Crippen LogP contribution in [0.5, 0.6) is 0 Å². The molecule has 2 amide bonds. The average Bonchev–Trinajstić information content (AvgIpc) is 3.71. The lowest BCUT2D eigenvalue weighted by Crippen LogP contribution is -2.29. The molecule has 0 aliphatic heterocycles. The Bertz CT molecular complexity index is 1680. The predicted molar refractivity (Wildman–Crippen MR) is 151 cm³/mol. The summed E-state index contributed by atoms with van der Waals surface area (Å²) in [6, 6.07) is 21.8. The maximum Gasteiger partial charge on any atom is 0.271 e. The number of aryl methyl sites for hydroxylation is 1. The molecule has 2 N–H and O–H groups in total. The number of carbonyl (C=O) groups excluding carboxylic acids is 2. The molecule has 0 bridgehead atoms. The van der Waals surface area contributed by atoms with Crippen LogP contribution in [0.4, 0.5) is 5.13 Å². The zero-order chi connectivity index (χ0) is 26.2. The second-order valence-corrected chi connectivity index (χ2v) is 10.7. The first-order valence-electron chi connectivity index (χ1n) is 12.8. The number of carbonyl (C=O) groups is 2. The van der Waals surface area contributed by atoms with Crippen molar-refractivity contribution in [2.24, 2.45) is 5.92 Å². The topological polar surface area (TPSA) is 96.9 Å². The van der Waals surface area contributed by atoms with Gasteiger partial charge in [-0.05, 0) is 67.1 Å². The lowest BCUT2D eigenvalue weighted by Gasteiger charge is -2.18. The van der Waals surface area contributed by atoms with Gasteiger partial charge in [0.15, 0.2) is 5.13 Å². The number of thiazole rings is 1. The minimum atomic E-state index is -0.220. The van der Waals surface area contributed by atoms with Crippen molar-refractivity contribution in [1.29, 1.82) is 0 Å². The molecule has 190 valence electrons. The summed E-state index contributed by atoms with van der Waals surface area (Å²) in [7, 11) is 0. The summed E-state index contributed by atoms with van der Waals surface area (Å²) >= 11 is 1.47. The van der Waals surface area contributed by atoms with Crippen LogP contribution in [0.15, 0.2) is 66.7 Å². The molecule has 0 saturated heterocycles. The SMILES string of the molecule is CC[C@H](NC(=O)c1nc(C)nc2ccc(-c3ccc4nc(NC(=O)C5CC5)sc4c3)cc12)c1ccccc1. The Balaban J connectivity index is 1.33. The first-order chi connectivity index (χ1) is 18.5. The molecule has 0 radical (unpaired) electrons. The van der Waals surface area contributed by atoms with Crippen molar-refractivity contribution in [3.05, 3.63) is 83.8 Å². The Morgan fingerprint density at radius 2 is 1.68 bits per heavy atom. The van der Waals surface area contributed by atoms with E-state index in [1.165, 1.54) is 11.3 Å². The number of nitrogens with zero attached hydrogens (tertiary/aromatic N) is 3. The maximum absolute atomic E-state index is 13.5. The Kier molecular flexibility index (Phi) is 6.33. The second-order valence-electron chi connectivity index (χ2n) is 9.66. The van der Waals surface area contributed by atoms with Crippen LogP contribution in [-0.4, -0.2) is 26.8 Å². The standard InChI is InChI=1S/C30H27N5O2S/c1-3-23(18-7-5-4-6-8-18)33-29(37)27-22-15-20(11-13-24(22)31-17(2)32-27)21-12-14-25-26(16-21)38-30(34-25)35-28(36)19-9-10-19/h4-8,11-16,19,23H,3,9-10H2,1-2H3,(H,33,37)(H,34,35,36)/t23-/m0/s1. The Hall–Kier alpha value is -4.17. The Morgan fingerprint density at radius 3 is 2.42 bits per heavy atom. The molecule has 6 rings (SSSR count). The van der Waals surface area contributed by atoms with Crippen molar-refractivity contribution < 1.29 is 9.59 Å². The largest absolute Gasteiger partial charge is 0.344 e. The third kappa shape index (κ3) is 4.87. The molecule has 38 heavy (non-hydrogen) atoms. The smallest absolute Gasteiger partial charge is 0.271 e. The third-order valence-electron chi connectivity index (χ3n) is 6.84. The van der Waals surface area contributed by atoms with Gasteiger partial charge in [-0.2, -0.15) is 0 Å². The molecule has 7 nitrogen and oxygen atoms in total. The molecule has 1 aliphatic rings. The lowest BCUT2D eigenvalue weighted by molar-refractivity contribution is -0.117. The molecule has 1 saturated carbocycles. The highest BCUT2D eigenvalue weighted by molar-refractivity contribution is 7.22. The third-order valence-corrected chi connectivity index (χ3v) is 7.77. The van der Waals surface area contributed by atoms with E-state index in [0.29, 0.717) is 22.0 Å². The number of rotatable bonds is 7. The number of fused-ring (bicyclic) bond motifs is 2. The molecule has 1 atom stereocenters. The molecular weight excluding hydrogens is 494 g/mol. The quantitative estimate of drug-likeness (QED) is 0.257. The van der Waals surface area contributed by atoms with Gasteiger partial charge in [-0.25, -0.2) is 15.0 Å². The zero-order valence-corrected chi connectivity index (χ0v) is 22.0. The van der Waals surface area contributed by atoms with E-state index < -0.39 is 0 Å².